The molecule has 1 atom stereocenters. The summed E-state index contributed by atoms with van der Waals surface area (Å²) in [6.45, 7) is 1.84. The van der Waals surface area contributed by atoms with Gasteiger partial charge in [0.2, 0.25) is 0 Å². The SMILES string of the molecule is O=C(CN1CCC[C@@H](O)C1)c1ccccn1. The molecule has 2 rings (SSSR count). The Morgan fingerprint density at radius 3 is 3.12 bits per heavy atom. The van der Waals surface area contributed by atoms with Crippen molar-refractivity contribution in [2.45, 2.75) is 18.9 Å². The Balaban J connectivity index is 1.92. The number of piperidine rings is 1. The molecular formula is C12H16N2O2. The van der Waals surface area contributed by atoms with Crippen LogP contribution in [-0.2, 0) is 0 Å². The van der Waals surface area contributed by atoms with Crippen molar-refractivity contribution in [3.05, 3.63) is 30.1 Å². The second-order valence-electron chi connectivity index (χ2n) is 4.17. The number of carbonyl (C=O) groups excluding carboxylic acids is 1. The molecule has 0 aromatic carbocycles. The van der Waals surface area contributed by atoms with E-state index in [9.17, 15) is 9.90 Å². The fourth-order valence-corrected chi connectivity index (χ4v) is 1.99. The molecule has 1 aliphatic heterocycles. The standard InChI is InChI=1S/C12H16N2O2/c15-10-4-3-7-14(8-10)9-12(16)11-5-1-2-6-13-11/h1-2,5-6,10,15H,3-4,7-9H2/t10-/m1/s1. The lowest BCUT2D eigenvalue weighted by Crippen LogP contribution is -2.41. The van der Waals surface area contributed by atoms with Crippen molar-refractivity contribution in [2.75, 3.05) is 19.6 Å². The molecule has 0 aliphatic carbocycles. The van der Waals surface area contributed by atoms with E-state index in [0.717, 1.165) is 19.4 Å². The summed E-state index contributed by atoms with van der Waals surface area (Å²) in [5, 5.41) is 9.49. The van der Waals surface area contributed by atoms with Gasteiger partial charge in [-0.3, -0.25) is 14.7 Å². The van der Waals surface area contributed by atoms with Crippen LogP contribution >= 0.6 is 0 Å². The number of rotatable bonds is 3. The summed E-state index contributed by atoms with van der Waals surface area (Å²) in [4.78, 5) is 17.8. The number of aliphatic hydroxyl groups excluding tert-OH is 1. The minimum atomic E-state index is -0.287. The summed E-state index contributed by atoms with van der Waals surface area (Å²) in [5.74, 6) is 0.0229. The fraction of sp³-hybridized carbons (Fsp3) is 0.500. The highest BCUT2D eigenvalue weighted by molar-refractivity contribution is 5.95. The minimum Gasteiger partial charge on any atom is -0.392 e. The van der Waals surface area contributed by atoms with Gasteiger partial charge in [0.05, 0.1) is 12.6 Å². The minimum absolute atomic E-state index is 0.0229. The summed E-state index contributed by atoms with van der Waals surface area (Å²) in [7, 11) is 0. The van der Waals surface area contributed by atoms with Gasteiger partial charge in [-0.05, 0) is 31.5 Å². The lowest BCUT2D eigenvalue weighted by atomic mass is 10.1. The average molecular weight is 220 g/mol. The molecule has 2 heterocycles. The highest BCUT2D eigenvalue weighted by atomic mass is 16.3. The normalized spacial score (nSPS) is 21.9. The molecule has 4 nitrogen and oxygen atoms in total. The maximum atomic E-state index is 11.8. The number of nitrogens with zero attached hydrogens (tertiary/aromatic N) is 2. The first-order valence-electron chi connectivity index (χ1n) is 5.60. The van der Waals surface area contributed by atoms with Crippen molar-refractivity contribution in [1.29, 1.82) is 0 Å². The largest absolute Gasteiger partial charge is 0.392 e. The average Bonchev–Trinajstić information content (AvgIpc) is 2.30. The smallest absolute Gasteiger partial charge is 0.195 e. The van der Waals surface area contributed by atoms with Gasteiger partial charge in [-0.1, -0.05) is 6.07 Å². The molecule has 1 aliphatic rings. The number of pyridine rings is 1. The predicted octanol–water partition coefficient (Wildman–Crippen LogP) is 0.721. The second kappa shape index (κ2) is 5.18. The van der Waals surface area contributed by atoms with Crippen molar-refractivity contribution >= 4 is 5.78 Å². The van der Waals surface area contributed by atoms with Gasteiger partial charge in [-0.25, -0.2) is 0 Å². The number of hydrogen-bond donors (Lipinski definition) is 1. The van der Waals surface area contributed by atoms with Gasteiger partial charge in [0, 0.05) is 12.7 Å². The first-order valence-corrected chi connectivity index (χ1v) is 5.60. The highest BCUT2D eigenvalue weighted by Crippen LogP contribution is 2.10. The van der Waals surface area contributed by atoms with Gasteiger partial charge in [0.15, 0.2) is 5.78 Å². The van der Waals surface area contributed by atoms with Crippen LogP contribution in [0.1, 0.15) is 23.3 Å². The molecule has 1 aromatic heterocycles. The third kappa shape index (κ3) is 2.87. The van der Waals surface area contributed by atoms with Crippen molar-refractivity contribution < 1.29 is 9.90 Å². The molecule has 1 aromatic rings. The first kappa shape index (κ1) is 11.2. The van der Waals surface area contributed by atoms with E-state index in [4.69, 9.17) is 0 Å². The van der Waals surface area contributed by atoms with Gasteiger partial charge in [0.25, 0.3) is 0 Å². The van der Waals surface area contributed by atoms with E-state index in [1.54, 1.807) is 18.3 Å². The fourth-order valence-electron chi connectivity index (χ4n) is 1.99. The molecule has 0 bridgehead atoms. The molecule has 16 heavy (non-hydrogen) atoms. The van der Waals surface area contributed by atoms with Crippen LogP contribution in [0.4, 0.5) is 0 Å². The summed E-state index contributed by atoms with van der Waals surface area (Å²) in [6.07, 6.45) is 3.13. The van der Waals surface area contributed by atoms with E-state index < -0.39 is 0 Å². The summed E-state index contributed by atoms with van der Waals surface area (Å²) in [6, 6.07) is 5.33. The Morgan fingerprint density at radius 1 is 1.56 bits per heavy atom. The van der Waals surface area contributed by atoms with Crippen LogP contribution in [0.2, 0.25) is 0 Å². The van der Waals surface area contributed by atoms with Crippen molar-refractivity contribution in [3.8, 4) is 0 Å². The third-order valence-electron chi connectivity index (χ3n) is 2.80. The monoisotopic (exact) mass is 220 g/mol. The van der Waals surface area contributed by atoms with Crippen LogP contribution in [0.15, 0.2) is 24.4 Å². The maximum absolute atomic E-state index is 11.8. The molecular weight excluding hydrogens is 204 g/mol. The Bertz CT molecular complexity index is 353. The van der Waals surface area contributed by atoms with E-state index in [0.29, 0.717) is 18.8 Å². The summed E-state index contributed by atoms with van der Waals surface area (Å²) in [5.41, 5.74) is 0.502. The molecule has 0 spiro atoms. The maximum Gasteiger partial charge on any atom is 0.195 e. The number of carbonyl (C=O) groups is 1. The third-order valence-corrected chi connectivity index (χ3v) is 2.80. The summed E-state index contributed by atoms with van der Waals surface area (Å²) < 4.78 is 0. The quantitative estimate of drug-likeness (QED) is 0.763. The lowest BCUT2D eigenvalue weighted by Gasteiger charge is -2.29. The van der Waals surface area contributed by atoms with Crippen LogP contribution < -0.4 is 0 Å². The number of β-amino-alcohol motifs (C(OH)–C–C–N with tert-alkyl or cyclic N) is 1. The highest BCUT2D eigenvalue weighted by Gasteiger charge is 2.20. The Hall–Kier alpha value is -1.26. The van der Waals surface area contributed by atoms with E-state index in [1.807, 2.05) is 11.0 Å². The van der Waals surface area contributed by atoms with Gasteiger partial charge >= 0.3 is 0 Å². The number of aromatic nitrogens is 1. The zero-order chi connectivity index (χ0) is 11.4. The topological polar surface area (TPSA) is 53.4 Å². The van der Waals surface area contributed by atoms with Crippen molar-refractivity contribution in [3.63, 3.8) is 0 Å². The zero-order valence-corrected chi connectivity index (χ0v) is 9.17. The van der Waals surface area contributed by atoms with Crippen LogP contribution in [0.3, 0.4) is 0 Å². The van der Waals surface area contributed by atoms with Gasteiger partial charge < -0.3 is 5.11 Å². The predicted molar refractivity (Wildman–Crippen MR) is 60.2 cm³/mol. The Kier molecular flexibility index (Phi) is 3.64. The number of Topliss-reactive ketones (excluding diaryl/α,β-unsaturated/α-hetero) is 1. The molecule has 86 valence electrons. The molecule has 1 fully saturated rings. The van der Waals surface area contributed by atoms with E-state index in [1.165, 1.54) is 0 Å². The van der Waals surface area contributed by atoms with E-state index >= 15 is 0 Å². The number of ketones is 1. The molecule has 1 saturated heterocycles. The van der Waals surface area contributed by atoms with Crippen LogP contribution in [0.25, 0.3) is 0 Å². The van der Waals surface area contributed by atoms with E-state index in [2.05, 4.69) is 4.98 Å². The Labute approximate surface area is 94.9 Å². The molecule has 4 heteroatoms. The molecule has 0 radical (unpaired) electrons. The van der Waals surface area contributed by atoms with Crippen molar-refractivity contribution in [2.24, 2.45) is 0 Å². The zero-order valence-electron chi connectivity index (χ0n) is 9.17. The van der Waals surface area contributed by atoms with E-state index in [-0.39, 0.29) is 11.9 Å². The molecule has 0 saturated carbocycles. The lowest BCUT2D eigenvalue weighted by molar-refractivity contribution is 0.0632. The molecule has 0 unspecified atom stereocenters. The first-order chi connectivity index (χ1) is 7.75. The molecule has 0 amide bonds. The van der Waals surface area contributed by atoms with Gasteiger partial charge in [-0.15, -0.1) is 0 Å². The Morgan fingerprint density at radius 2 is 2.44 bits per heavy atom. The number of hydrogen-bond acceptors (Lipinski definition) is 4. The second-order valence-corrected chi connectivity index (χ2v) is 4.17. The van der Waals surface area contributed by atoms with Gasteiger partial charge in [0.1, 0.15) is 5.69 Å². The molecule has 1 N–H and O–H groups in total. The van der Waals surface area contributed by atoms with Crippen LogP contribution in [0, 0.1) is 0 Å². The number of likely N-dealkylation sites (tertiary alicyclic amines) is 1. The summed E-state index contributed by atoms with van der Waals surface area (Å²) >= 11 is 0. The van der Waals surface area contributed by atoms with Crippen LogP contribution in [0.5, 0.6) is 0 Å². The van der Waals surface area contributed by atoms with Gasteiger partial charge in [-0.2, -0.15) is 0 Å². The van der Waals surface area contributed by atoms with Crippen LogP contribution in [-0.4, -0.2) is 46.5 Å². The van der Waals surface area contributed by atoms with Crippen molar-refractivity contribution in [1.82, 2.24) is 9.88 Å². The number of aliphatic hydroxyl groups is 1.